The van der Waals surface area contributed by atoms with E-state index in [2.05, 4.69) is 4.18 Å². The third-order valence-electron chi connectivity index (χ3n) is 2.64. The van der Waals surface area contributed by atoms with Crippen LogP contribution in [0.25, 0.3) is 11.1 Å². The number of benzene rings is 2. The quantitative estimate of drug-likeness (QED) is 0.686. The molecule has 0 fully saturated rings. The zero-order valence-electron chi connectivity index (χ0n) is 10.6. The minimum absolute atomic E-state index is 0.0902. The molecule has 0 amide bonds. The van der Waals surface area contributed by atoms with Crippen molar-refractivity contribution in [3.05, 3.63) is 53.8 Å². The SMILES string of the molecule is O=S(=O)(O)Oc1cccc(-c2ccc(C(F)(F)F)cc2F)c1. The fraction of sp³-hybridized carbons (Fsp3) is 0.0769. The van der Waals surface area contributed by atoms with E-state index in [4.69, 9.17) is 4.55 Å². The molecular weight excluding hydrogens is 328 g/mol. The third kappa shape index (κ3) is 3.95. The summed E-state index contributed by atoms with van der Waals surface area (Å²) in [7, 11) is -4.75. The molecule has 1 N–H and O–H groups in total. The number of alkyl halides is 3. The van der Waals surface area contributed by atoms with E-state index in [0.29, 0.717) is 12.1 Å². The van der Waals surface area contributed by atoms with Crippen molar-refractivity contribution in [1.82, 2.24) is 0 Å². The van der Waals surface area contributed by atoms with Gasteiger partial charge in [0.15, 0.2) is 0 Å². The Balaban J connectivity index is 2.43. The van der Waals surface area contributed by atoms with Gasteiger partial charge in [-0.2, -0.15) is 21.6 Å². The summed E-state index contributed by atoms with van der Waals surface area (Å²) >= 11 is 0. The van der Waals surface area contributed by atoms with Crippen LogP contribution in [0.4, 0.5) is 17.6 Å². The highest BCUT2D eigenvalue weighted by Gasteiger charge is 2.31. The van der Waals surface area contributed by atoms with Gasteiger partial charge in [0.05, 0.1) is 5.56 Å². The molecule has 0 unspecified atom stereocenters. The van der Waals surface area contributed by atoms with E-state index in [-0.39, 0.29) is 16.9 Å². The van der Waals surface area contributed by atoms with Crippen molar-refractivity contribution in [1.29, 1.82) is 0 Å². The van der Waals surface area contributed by atoms with Crippen molar-refractivity contribution in [3.8, 4) is 16.9 Å². The Hall–Kier alpha value is -2.13. The van der Waals surface area contributed by atoms with Crippen molar-refractivity contribution in [2.24, 2.45) is 0 Å². The van der Waals surface area contributed by atoms with Crippen LogP contribution in [-0.2, 0) is 16.6 Å². The summed E-state index contributed by atoms with van der Waals surface area (Å²) in [5.41, 5.74) is -1.22. The summed E-state index contributed by atoms with van der Waals surface area (Å²) in [6.07, 6.45) is -4.67. The van der Waals surface area contributed by atoms with Gasteiger partial charge in [0.2, 0.25) is 0 Å². The lowest BCUT2D eigenvalue weighted by atomic mass is 10.0. The molecule has 2 rings (SSSR count). The molecule has 0 heterocycles. The van der Waals surface area contributed by atoms with Gasteiger partial charge in [-0.3, -0.25) is 4.55 Å². The molecule has 9 heteroatoms. The second-order valence-corrected chi connectivity index (χ2v) is 5.25. The van der Waals surface area contributed by atoms with E-state index < -0.39 is 28.0 Å². The summed E-state index contributed by atoms with van der Waals surface area (Å²) in [5.74, 6) is -1.43. The largest absolute Gasteiger partial charge is 0.446 e. The van der Waals surface area contributed by atoms with Crippen LogP contribution in [-0.4, -0.2) is 13.0 Å². The Bertz CT molecular complexity index is 800. The summed E-state index contributed by atoms with van der Waals surface area (Å²) < 4.78 is 85.2. The van der Waals surface area contributed by atoms with Gasteiger partial charge in [-0.25, -0.2) is 4.39 Å². The highest BCUT2D eigenvalue weighted by molar-refractivity contribution is 7.81. The molecule has 4 nitrogen and oxygen atoms in total. The Morgan fingerprint density at radius 1 is 1.05 bits per heavy atom. The predicted octanol–water partition coefficient (Wildman–Crippen LogP) is 3.69. The lowest BCUT2D eigenvalue weighted by Gasteiger charge is -2.10. The molecule has 0 atom stereocenters. The topological polar surface area (TPSA) is 63.6 Å². The first-order chi connectivity index (χ1) is 10.1. The fourth-order valence-electron chi connectivity index (χ4n) is 1.76. The molecule has 0 aromatic heterocycles. The molecule has 0 aliphatic rings. The van der Waals surface area contributed by atoms with E-state index in [1.807, 2.05) is 0 Å². The van der Waals surface area contributed by atoms with Crippen molar-refractivity contribution in [2.45, 2.75) is 6.18 Å². The summed E-state index contributed by atoms with van der Waals surface area (Å²) in [6.45, 7) is 0. The van der Waals surface area contributed by atoms with E-state index in [1.54, 1.807) is 0 Å². The molecule has 2 aromatic rings. The van der Waals surface area contributed by atoms with Crippen LogP contribution in [0.15, 0.2) is 42.5 Å². The van der Waals surface area contributed by atoms with Crippen LogP contribution < -0.4 is 4.18 Å². The second kappa shape index (κ2) is 5.58. The van der Waals surface area contributed by atoms with Crippen LogP contribution in [0.1, 0.15) is 5.56 Å². The van der Waals surface area contributed by atoms with Crippen LogP contribution in [0.3, 0.4) is 0 Å². The average molecular weight is 336 g/mol. The number of halogens is 4. The number of hydrogen-bond donors (Lipinski definition) is 1. The first kappa shape index (κ1) is 16.2. The Morgan fingerprint density at radius 2 is 1.73 bits per heavy atom. The van der Waals surface area contributed by atoms with Crippen molar-refractivity contribution in [3.63, 3.8) is 0 Å². The molecular formula is C13H8F4O4S. The number of hydrogen-bond acceptors (Lipinski definition) is 3. The Morgan fingerprint density at radius 3 is 2.27 bits per heavy atom. The maximum Gasteiger partial charge on any atom is 0.446 e. The van der Waals surface area contributed by atoms with Gasteiger partial charge in [0.1, 0.15) is 11.6 Å². The molecule has 22 heavy (non-hydrogen) atoms. The zero-order valence-corrected chi connectivity index (χ0v) is 11.5. The molecule has 0 saturated carbocycles. The molecule has 0 spiro atoms. The smallest absolute Gasteiger partial charge is 0.362 e. The second-order valence-electron chi connectivity index (χ2n) is 4.23. The van der Waals surface area contributed by atoms with Gasteiger partial charge in [-0.05, 0) is 29.8 Å². The molecule has 118 valence electrons. The molecule has 2 aromatic carbocycles. The monoisotopic (exact) mass is 336 g/mol. The van der Waals surface area contributed by atoms with Gasteiger partial charge in [-0.15, -0.1) is 0 Å². The van der Waals surface area contributed by atoms with Gasteiger partial charge < -0.3 is 4.18 Å². The van der Waals surface area contributed by atoms with E-state index in [1.165, 1.54) is 18.2 Å². The highest BCUT2D eigenvalue weighted by Crippen LogP contribution is 2.33. The van der Waals surface area contributed by atoms with Gasteiger partial charge in [0.25, 0.3) is 0 Å². The van der Waals surface area contributed by atoms with E-state index in [0.717, 1.165) is 12.1 Å². The summed E-state index contributed by atoms with van der Waals surface area (Å²) in [4.78, 5) is 0. The van der Waals surface area contributed by atoms with Crippen molar-refractivity contribution >= 4 is 10.4 Å². The molecule has 0 aliphatic carbocycles. The zero-order chi connectivity index (χ0) is 16.5. The molecule has 0 bridgehead atoms. The summed E-state index contributed by atoms with van der Waals surface area (Å²) in [6, 6.07) is 6.86. The lowest BCUT2D eigenvalue weighted by molar-refractivity contribution is -0.137. The maximum atomic E-state index is 13.8. The van der Waals surface area contributed by atoms with E-state index in [9.17, 15) is 26.0 Å². The highest BCUT2D eigenvalue weighted by atomic mass is 32.3. The van der Waals surface area contributed by atoms with Crippen LogP contribution in [0, 0.1) is 5.82 Å². The Labute approximate surface area is 122 Å². The number of rotatable bonds is 3. The fourth-order valence-corrected chi connectivity index (χ4v) is 2.11. The molecule has 0 radical (unpaired) electrons. The van der Waals surface area contributed by atoms with E-state index >= 15 is 0 Å². The lowest BCUT2D eigenvalue weighted by Crippen LogP contribution is -2.07. The molecule has 0 aliphatic heterocycles. The van der Waals surface area contributed by atoms with Crippen molar-refractivity contribution in [2.75, 3.05) is 0 Å². The minimum Gasteiger partial charge on any atom is -0.362 e. The van der Waals surface area contributed by atoms with Gasteiger partial charge in [0, 0.05) is 5.56 Å². The summed E-state index contributed by atoms with van der Waals surface area (Å²) in [5, 5.41) is 0. The predicted molar refractivity (Wildman–Crippen MR) is 69.0 cm³/mol. The standard InChI is InChI=1S/C13H8F4O4S/c14-12-7-9(13(15,16)17)4-5-11(12)8-2-1-3-10(6-8)21-22(18,19)20/h1-7H,(H,18,19,20). The molecule has 0 saturated heterocycles. The van der Waals surface area contributed by atoms with Crippen LogP contribution in [0.5, 0.6) is 5.75 Å². The first-order valence-corrected chi connectivity index (χ1v) is 7.07. The minimum atomic E-state index is -4.75. The van der Waals surface area contributed by atoms with Crippen molar-refractivity contribution < 1.29 is 34.7 Å². The Kier molecular flexibility index (Phi) is 4.12. The van der Waals surface area contributed by atoms with Crippen LogP contribution in [0.2, 0.25) is 0 Å². The normalized spacial score (nSPS) is 12.2. The van der Waals surface area contributed by atoms with Gasteiger partial charge >= 0.3 is 16.6 Å². The average Bonchev–Trinajstić information content (AvgIpc) is 2.35. The third-order valence-corrected chi connectivity index (χ3v) is 3.05. The van der Waals surface area contributed by atoms with Crippen LogP contribution >= 0.6 is 0 Å². The van der Waals surface area contributed by atoms with Gasteiger partial charge in [-0.1, -0.05) is 18.2 Å². The first-order valence-electron chi connectivity index (χ1n) is 5.70. The maximum absolute atomic E-state index is 13.8.